The molecule has 0 fully saturated rings. The van der Waals surface area contributed by atoms with Crippen molar-refractivity contribution in [2.24, 2.45) is 0 Å². The van der Waals surface area contributed by atoms with Crippen molar-refractivity contribution in [1.29, 1.82) is 0 Å². The van der Waals surface area contributed by atoms with Crippen LogP contribution in [0.15, 0.2) is 115 Å². The zero-order valence-electron chi connectivity index (χ0n) is 40.5. The molecule has 0 aliphatic carbocycles. The number of rotatable bonds is 36. The van der Waals surface area contributed by atoms with Gasteiger partial charge in [-0.3, -0.25) is 4.55 Å². The zero-order chi connectivity index (χ0) is 49.3. The Kier molecular flexibility index (Phi) is 22.4. The van der Waals surface area contributed by atoms with Gasteiger partial charge in [0.25, 0.3) is 0 Å². The molecule has 0 aliphatic heterocycles. The lowest BCUT2D eigenvalue weighted by atomic mass is 9.77. The number of hydrogen-bond donors (Lipinski definition) is 2. The number of hydrogen-bond acceptors (Lipinski definition) is 15. The van der Waals surface area contributed by atoms with Crippen LogP contribution in [0.2, 0.25) is 0 Å². The van der Waals surface area contributed by atoms with Gasteiger partial charge in [-0.1, -0.05) is 109 Å². The van der Waals surface area contributed by atoms with Gasteiger partial charge in [-0.2, -0.15) is 8.42 Å². The lowest BCUT2D eigenvalue weighted by Crippen LogP contribution is -2.38. The van der Waals surface area contributed by atoms with Crippen molar-refractivity contribution in [3.05, 3.63) is 138 Å². The van der Waals surface area contributed by atoms with Crippen LogP contribution in [0.4, 0.5) is 5.82 Å². The summed E-state index contributed by atoms with van der Waals surface area (Å²) in [5, 5.41) is 5.00. The van der Waals surface area contributed by atoms with Crippen LogP contribution < -0.4 is 5.32 Å². The highest BCUT2D eigenvalue weighted by molar-refractivity contribution is 7.80. The molecule has 0 saturated heterocycles. The van der Waals surface area contributed by atoms with E-state index in [1.54, 1.807) is 0 Å². The average Bonchev–Trinajstić information content (AvgIpc) is 3.72. The molecule has 380 valence electrons. The number of fused-ring (bicyclic) bond motifs is 3. The van der Waals surface area contributed by atoms with Gasteiger partial charge in [0.05, 0.1) is 129 Å². The van der Waals surface area contributed by atoms with E-state index in [0.29, 0.717) is 111 Å². The van der Waals surface area contributed by atoms with Crippen LogP contribution in [0.5, 0.6) is 0 Å². The molecule has 0 saturated carbocycles. The second-order valence-corrected chi connectivity index (χ2v) is 17.6. The number of anilines is 1. The monoisotopic (exact) mass is 988 g/mol. The fraction of sp³-hybridized carbons (Fsp3) is 0.462. The quantitative estimate of drug-likeness (QED) is 0.0227. The Morgan fingerprint density at radius 2 is 0.957 bits per heavy atom. The molecule has 6 aromatic rings. The molecular weight excluding hydrogens is 921 g/mol. The zero-order valence-corrected chi connectivity index (χ0v) is 41.3. The van der Waals surface area contributed by atoms with Gasteiger partial charge in [0, 0.05) is 12.0 Å². The van der Waals surface area contributed by atoms with Gasteiger partial charge in [0.1, 0.15) is 23.5 Å². The predicted molar refractivity (Wildman–Crippen MR) is 266 cm³/mol. The number of nitrogens with zero attached hydrogens (tertiary/aromatic N) is 3. The number of aromatic nitrogens is 3. The summed E-state index contributed by atoms with van der Waals surface area (Å²) in [4.78, 5) is 10.6. The molecule has 0 radical (unpaired) electrons. The van der Waals surface area contributed by atoms with Gasteiger partial charge >= 0.3 is 10.4 Å². The smallest absolute Gasteiger partial charge is 0.377 e. The molecule has 4 aromatic carbocycles. The number of ether oxygens (including phenoxy) is 9. The maximum atomic E-state index is 10.4. The fourth-order valence-electron chi connectivity index (χ4n) is 7.82. The van der Waals surface area contributed by atoms with E-state index in [2.05, 4.69) is 107 Å². The molecule has 2 N–H and O–H groups in total. The van der Waals surface area contributed by atoms with E-state index in [0.717, 1.165) is 44.5 Å². The molecular formula is C52H68N4O13S. The average molecular weight is 989 g/mol. The number of para-hydroxylation sites is 1. The largest absolute Gasteiger partial charge is 0.397 e. The Bertz CT molecular complexity index is 2420. The summed E-state index contributed by atoms with van der Waals surface area (Å²) >= 11 is 0. The van der Waals surface area contributed by atoms with Gasteiger partial charge in [-0.25, -0.2) is 14.2 Å². The first-order valence-electron chi connectivity index (χ1n) is 23.7. The summed E-state index contributed by atoms with van der Waals surface area (Å²) in [5.74, 6) is 1.44. The van der Waals surface area contributed by atoms with Crippen molar-refractivity contribution in [3.8, 4) is 0 Å². The summed E-state index contributed by atoms with van der Waals surface area (Å²) in [6.45, 7) is 12.9. The number of benzene rings is 4. The van der Waals surface area contributed by atoms with Gasteiger partial charge in [0.15, 0.2) is 5.82 Å². The standard InChI is InChI=1S/C52H68N4O13S/c1-4-60-40-47-54-48-49(45-22-14-15-23-46(45)53-50(48)55-52(42-16-8-5-9-17-42,43-18-10-6-11-19-43)44-20-12-7-13-21-44)56(47)41-51(2,3)68-38-36-66-34-32-64-30-28-62-26-24-61-25-27-63-29-31-65-33-35-67-37-39-69-70(57,58)59/h5-23H,4,24-41H2,1-3H3,(H,53,55)(H,57,58,59). The van der Waals surface area contributed by atoms with Gasteiger partial charge in [0.2, 0.25) is 0 Å². The van der Waals surface area contributed by atoms with Crippen molar-refractivity contribution >= 4 is 38.2 Å². The Morgan fingerprint density at radius 3 is 1.40 bits per heavy atom. The minimum absolute atomic E-state index is 0.0207. The summed E-state index contributed by atoms with van der Waals surface area (Å²) in [6.07, 6.45) is 0. The molecule has 0 spiro atoms. The SMILES string of the molecule is CCOCc1nc2c(NC(c3ccccc3)(c3ccccc3)c3ccccc3)nc3ccccc3c2n1CC(C)(C)OCCOCCOCCOCCOCCOCCOCCOCCOS(=O)(=O)O. The maximum Gasteiger partial charge on any atom is 0.397 e. The minimum atomic E-state index is -4.44. The summed E-state index contributed by atoms with van der Waals surface area (Å²) in [7, 11) is -4.44. The highest BCUT2D eigenvalue weighted by atomic mass is 32.3. The highest BCUT2D eigenvalue weighted by Gasteiger charge is 2.38. The van der Waals surface area contributed by atoms with Crippen molar-refractivity contribution in [3.63, 3.8) is 0 Å². The lowest BCUT2D eigenvalue weighted by molar-refractivity contribution is -0.0621. The lowest BCUT2D eigenvalue weighted by Gasteiger charge is -2.37. The second-order valence-electron chi connectivity index (χ2n) is 16.5. The summed E-state index contributed by atoms with van der Waals surface area (Å²) in [5.41, 5.74) is 4.31. The van der Waals surface area contributed by atoms with Crippen LogP contribution in [0.3, 0.4) is 0 Å². The van der Waals surface area contributed by atoms with E-state index >= 15 is 0 Å². The van der Waals surface area contributed by atoms with E-state index in [4.69, 9.17) is 57.2 Å². The Hall–Kier alpha value is -4.93. The minimum Gasteiger partial charge on any atom is -0.377 e. The van der Waals surface area contributed by atoms with Crippen LogP contribution in [0.1, 0.15) is 43.3 Å². The van der Waals surface area contributed by atoms with Gasteiger partial charge in [-0.15, -0.1) is 0 Å². The first-order valence-corrected chi connectivity index (χ1v) is 25.1. The summed E-state index contributed by atoms with van der Waals surface area (Å²) in [6, 6.07) is 39.7. The van der Waals surface area contributed by atoms with Crippen molar-refractivity contribution < 1.29 is 59.8 Å². The second kappa shape index (κ2) is 28.8. The van der Waals surface area contributed by atoms with E-state index < -0.39 is 21.5 Å². The Balaban J connectivity index is 0.955. The molecule has 17 nitrogen and oxygen atoms in total. The van der Waals surface area contributed by atoms with E-state index in [9.17, 15) is 8.42 Å². The molecule has 18 heteroatoms. The van der Waals surface area contributed by atoms with Crippen molar-refractivity contribution in [2.75, 3.05) is 118 Å². The van der Waals surface area contributed by atoms with Crippen molar-refractivity contribution in [2.45, 2.75) is 45.1 Å². The van der Waals surface area contributed by atoms with Crippen LogP contribution in [-0.4, -0.2) is 145 Å². The first-order chi connectivity index (χ1) is 34.1. The summed E-state index contributed by atoms with van der Waals surface area (Å²) < 4.78 is 86.9. The Labute approximate surface area is 411 Å². The number of imidazole rings is 1. The molecule has 0 aliphatic rings. The number of pyridine rings is 1. The van der Waals surface area contributed by atoms with Crippen LogP contribution in [0, 0.1) is 0 Å². The third kappa shape index (κ3) is 16.9. The van der Waals surface area contributed by atoms with Gasteiger partial charge in [-0.05, 0) is 43.5 Å². The van der Waals surface area contributed by atoms with E-state index in [1.807, 2.05) is 43.3 Å². The van der Waals surface area contributed by atoms with Crippen molar-refractivity contribution in [1.82, 2.24) is 14.5 Å². The van der Waals surface area contributed by atoms with Crippen LogP contribution in [0.25, 0.3) is 21.9 Å². The topological polar surface area (TPSA) is 189 Å². The Morgan fingerprint density at radius 1 is 0.543 bits per heavy atom. The molecule has 0 unspecified atom stereocenters. The molecule has 2 aromatic heterocycles. The fourth-order valence-corrected chi connectivity index (χ4v) is 8.10. The molecule has 70 heavy (non-hydrogen) atoms. The van der Waals surface area contributed by atoms with E-state index in [-0.39, 0.29) is 19.8 Å². The molecule has 0 atom stereocenters. The molecule has 0 amide bonds. The molecule has 6 rings (SSSR count). The van der Waals surface area contributed by atoms with Crippen LogP contribution >= 0.6 is 0 Å². The first kappa shape index (κ1) is 54.4. The molecule has 2 heterocycles. The highest BCUT2D eigenvalue weighted by Crippen LogP contribution is 2.42. The maximum absolute atomic E-state index is 10.4. The normalized spacial score (nSPS) is 12.3. The third-order valence-corrected chi connectivity index (χ3v) is 11.4. The number of nitrogens with one attached hydrogen (secondary N) is 1. The van der Waals surface area contributed by atoms with E-state index in [1.165, 1.54) is 0 Å². The third-order valence-electron chi connectivity index (χ3n) is 11.0. The predicted octanol–water partition coefficient (Wildman–Crippen LogP) is 7.26. The molecule has 0 bridgehead atoms. The van der Waals surface area contributed by atoms with Gasteiger partial charge < -0.3 is 52.5 Å². The van der Waals surface area contributed by atoms with Crippen LogP contribution in [-0.2, 0) is 75.9 Å².